The topological polar surface area (TPSA) is 24.9 Å². The maximum Gasteiger partial charge on any atom is 0.137 e. The van der Waals surface area contributed by atoms with Crippen molar-refractivity contribution in [2.24, 2.45) is 0 Å². The van der Waals surface area contributed by atoms with Crippen molar-refractivity contribution in [3.05, 3.63) is 50.6 Å². The van der Waals surface area contributed by atoms with Gasteiger partial charge in [0, 0.05) is 17.6 Å². The molecule has 96 valence electrons. The molecule has 0 amide bonds. The molecule has 2 aromatic rings. The van der Waals surface area contributed by atoms with Gasteiger partial charge in [0.25, 0.3) is 0 Å². The number of hydrogen-bond donors (Lipinski definition) is 1. The normalized spacial score (nSPS) is 12.9. The molecule has 1 aromatic carbocycles. The van der Waals surface area contributed by atoms with Crippen LogP contribution in [-0.4, -0.2) is 11.0 Å². The van der Waals surface area contributed by atoms with Crippen LogP contribution in [0.3, 0.4) is 0 Å². The van der Waals surface area contributed by atoms with Gasteiger partial charge in [-0.3, -0.25) is 0 Å². The van der Waals surface area contributed by atoms with Crippen molar-refractivity contribution in [3.63, 3.8) is 0 Å². The summed E-state index contributed by atoms with van der Waals surface area (Å²) in [7, 11) is 0. The molecule has 0 aliphatic rings. The van der Waals surface area contributed by atoms with Crippen LogP contribution in [0.1, 0.15) is 30.5 Å². The highest BCUT2D eigenvalue weighted by Crippen LogP contribution is 2.27. The summed E-state index contributed by atoms with van der Waals surface area (Å²) in [6.45, 7) is 4.17. The average molecular weight is 329 g/mol. The quantitative estimate of drug-likeness (QED) is 0.912. The monoisotopic (exact) mass is 328 g/mol. The molecule has 1 aromatic heterocycles. The van der Waals surface area contributed by atoms with Gasteiger partial charge >= 0.3 is 0 Å². The molecule has 0 aliphatic heterocycles. The largest absolute Gasteiger partial charge is 0.302 e. The molecule has 1 unspecified atom stereocenters. The average Bonchev–Trinajstić information content (AvgIpc) is 2.83. The molecular formula is C13H14BrFN2S. The van der Waals surface area contributed by atoms with Crippen molar-refractivity contribution in [2.45, 2.75) is 25.9 Å². The van der Waals surface area contributed by atoms with E-state index in [1.54, 1.807) is 29.7 Å². The highest BCUT2D eigenvalue weighted by Gasteiger charge is 2.18. The summed E-state index contributed by atoms with van der Waals surface area (Å²) in [5.41, 5.74) is 1.01. The summed E-state index contributed by atoms with van der Waals surface area (Å²) < 4.78 is 13.8. The van der Waals surface area contributed by atoms with Gasteiger partial charge in [0.05, 0.1) is 10.5 Å². The van der Waals surface area contributed by atoms with Crippen LogP contribution in [0.25, 0.3) is 0 Å². The van der Waals surface area contributed by atoms with Crippen molar-refractivity contribution < 1.29 is 4.39 Å². The first-order valence-corrected chi connectivity index (χ1v) is 7.35. The van der Waals surface area contributed by atoms with Crippen LogP contribution in [0.2, 0.25) is 0 Å². The van der Waals surface area contributed by atoms with Gasteiger partial charge in [-0.1, -0.05) is 6.07 Å². The van der Waals surface area contributed by atoms with Crippen LogP contribution >= 0.6 is 27.3 Å². The smallest absolute Gasteiger partial charge is 0.137 e. The Morgan fingerprint density at radius 3 is 2.72 bits per heavy atom. The van der Waals surface area contributed by atoms with E-state index in [4.69, 9.17) is 0 Å². The molecule has 2 rings (SSSR count). The first-order valence-electron chi connectivity index (χ1n) is 5.68. The fourth-order valence-corrected chi connectivity index (χ4v) is 2.83. The minimum atomic E-state index is -0.249. The fourth-order valence-electron chi connectivity index (χ4n) is 1.71. The molecule has 2 nitrogen and oxygen atoms in total. The second kappa shape index (κ2) is 5.91. The zero-order valence-electron chi connectivity index (χ0n) is 10.2. The number of rotatable bonds is 4. The van der Waals surface area contributed by atoms with Gasteiger partial charge in [-0.2, -0.15) is 0 Å². The van der Waals surface area contributed by atoms with Crippen LogP contribution in [0, 0.1) is 5.82 Å². The summed E-state index contributed by atoms with van der Waals surface area (Å²) in [5.74, 6) is -0.249. The SMILES string of the molecule is CC(C)NC(c1ccc(F)c(Br)c1)c1nccs1. The van der Waals surface area contributed by atoms with Crippen LogP contribution < -0.4 is 5.32 Å². The number of nitrogens with zero attached hydrogens (tertiary/aromatic N) is 1. The van der Waals surface area contributed by atoms with E-state index in [2.05, 4.69) is 40.1 Å². The Kier molecular flexibility index (Phi) is 4.48. The standard InChI is InChI=1S/C13H14BrFN2S/c1-8(2)17-12(13-16-5-6-18-13)9-3-4-11(15)10(14)7-9/h3-8,12,17H,1-2H3. The lowest BCUT2D eigenvalue weighted by atomic mass is 10.1. The van der Waals surface area contributed by atoms with E-state index in [9.17, 15) is 4.39 Å². The van der Waals surface area contributed by atoms with Crippen molar-refractivity contribution in [1.82, 2.24) is 10.3 Å². The summed E-state index contributed by atoms with van der Waals surface area (Å²) in [6.07, 6.45) is 1.79. The van der Waals surface area contributed by atoms with Gasteiger partial charge in [0.2, 0.25) is 0 Å². The lowest BCUT2D eigenvalue weighted by Gasteiger charge is -2.20. The Labute approximate surface area is 118 Å². The molecule has 0 bridgehead atoms. The molecule has 0 spiro atoms. The first-order chi connectivity index (χ1) is 8.58. The first kappa shape index (κ1) is 13.6. The second-order valence-electron chi connectivity index (χ2n) is 4.30. The van der Waals surface area contributed by atoms with Crippen LogP contribution in [-0.2, 0) is 0 Å². The van der Waals surface area contributed by atoms with Crippen molar-refractivity contribution in [3.8, 4) is 0 Å². The van der Waals surface area contributed by atoms with Crippen molar-refractivity contribution in [1.29, 1.82) is 0 Å². The molecule has 18 heavy (non-hydrogen) atoms. The third-order valence-corrected chi connectivity index (χ3v) is 3.92. The maximum atomic E-state index is 13.3. The van der Waals surface area contributed by atoms with Gasteiger partial charge in [-0.15, -0.1) is 11.3 Å². The minimum absolute atomic E-state index is 0.00176. The second-order valence-corrected chi connectivity index (χ2v) is 6.08. The third-order valence-electron chi connectivity index (χ3n) is 2.48. The number of hydrogen-bond acceptors (Lipinski definition) is 3. The Morgan fingerprint density at radius 1 is 1.39 bits per heavy atom. The molecule has 0 radical (unpaired) electrons. The van der Waals surface area contributed by atoms with Crippen LogP contribution in [0.5, 0.6) is 0 Å². The predicted molar refractivity (Wildman–Crippen MR) is 76.3 cm³/mol. The Balaban J connectivity index is 2.36. The maximum absolute atomic E-state index is 13.3. The Bertz CT molecular complexity index is 514. The third kappa shape index (κ3) is 3.16. The van der Waals surface area contributed by atoms with Gasteiger partial charge in [-0.05, 0) is 47.5 Å². The van der Waals surface area contributed by atoms with E-state index in [1.165, 1.54) is 6.07 Å². The van der Waals surface area contributed by atoms with E-state index < -0.39 is 0 Å². The molecule has 1 N–H and O–H groups in total. The van der Waals surface area contributed by atoms with E-state index >= 15 is 0 Å². The highest BCUT2D eigenvalue weighted by molar-refractivity contribution is 9.10. The Hall–Kier alpha value is -0.780. The summed E-state index contributed by atoms with van der Waals surface area (Å²) in [5, 5.41) is 6.39. The van der Waals surface area contributed by atoms with E-state index in [0.29, 0.717) is 10.5 Å². The fraction of sp³-hybridized carbons (Fsp3) is 0.308. The number of aromatic nitrogens is 1. The summed E-state index contributed by atoms with van der Waals surface area (Å²) in [6, 6.07) is 5.39. The lowest BCUT2D eigenvalue weighted by Crippen LogP contribution is -2.28. The molecular weight excluding hydrogens is 315 g/mol. The molecule has 1 atom stereocenters. The summed E-state index contributed by atoms with van der Waals surface area (Å²) >= 11 is 4.82. The number of benzene rings is 1. The highest BCUT2D eigenvalue weighted by atomic mass is 79.9. The van der Waals surface area contributed by atoms with E-state index in [0.717, 1.165) is 10.6 Å². The van der Waals surface area contributed by atoms with Gasteiger partial charge in [0.15, 0.2) is 0 Å². The van der Waals surface area contributed by atoms with Crippen molar-refractivity contribution >= 4 is 27.3 Å². The molecule has 1 heterocycles. The van der Waals surface area contributed by atoms with Crippen molar-refractivity contribution in [2.75, 3.05) is 0 Å². The van der Waals surface area contributed by atoms with Crippen LogP contribution in [0.15, 0.2) is 34.2 Å². The predicted octanol–water partition coefficient (Wildman–Crippen LogP) is 4.13. The number of halogens is 2. The lowest BCUT2D eigenvalue weighted by molar-refractivity contribution is 0.525. The molecule has 0 saturated carbocycles. The molecule has 0 fully saturated rings. The molecule has 0 aliphatic carbocycles. The van der Waals surface area contributed by atoms with Crippen LogP contribution in [0.4, 0.5) is 4.39 Å². The summed E-state index contributed by atoms with van der Waals surface area (Å²) in [4.78, 5) is 4.35. The van der Waals surface area contributed by atoms with Gasteiger partial charge < -0.3 is 5.32 Å². The Morgan fingerprint density at radius 2 is 2.17 bits per heavy atom. The number of nitrogens with one attached hydrogen (secondary N) is 1. The zero-order chi connectivity index (χ0) is 13.1. The van der Waals surface area contributed by atoms with Gasteiger partial charge in [0.1, 0.15) is 10.8 Å². The minimum Gasteiger partial charge on any atom is -0.302 e. The van der Waals surface area contributed by atoms with Gasteiger partial charge in [-0.25, -0.2) is 9.37 Å². The number of thiazole rings is 1. The molecule has 0 saturated heterocycles. The molecule has 5 heteroatoms. The van der Waals surface area contributed by atoms with E-state index in [-0.39, 0.29) is 11.9 Å². The van der Waals surface area contributed by atoms with E-state index in [1.807, 2.05) is 5.38 Å². The zero-order valence-corrected chi connectivity index (χ0v) is 12.6.